The van der Waals surface area contributed by atoms with Crippen LogP contribution in [-0.4, -0.2) is 50.1 Å². The number of hydrogen-bond acceptors (Lipinski definition) is 6. The summed E-state index contributed by atoms with van der Waals surface area (Å²) in [6.07, 6.45) is 4.90. The third-order valence-corrected chi connectivity index (χ3v) is 6.04. The van der Waals surface area contributed by atoms with Crippen molar-refractivity contribution in [2.75, 3.05) is 6.54 Å². The van der Waals surface area contributed by atoms with Gasteiger partial charge in [0, 0.05) is 18.7 Å². The Morgan fingerprint density at radius 2 is 1.89 bits per heavy atom. The Labute approximate surface area is 201 Å². The first-order valence-electron chi connectivity index (χ1n) is 11.6. The van der Waals surface area contributed by atoms with Crippen molar-refractivity contribution < 1.29 is 19.4 Å². The van der Waals surface area contributed by atoms with E-state index < -0.39 is 17.9 Å². The number of nitrogens with zero attached hydrogens (tertiary/aromatic N) is 3. The van der Waals surface area contributed by atoms with Crippen molar-refractivity contribution in [1.29, 1.82) is 0 Å². The number of aromatic nitrogens is 2. The molecule has 1 N–H and O–H groups in total. The SMILES string of the molecule is CC(C)Oc1cccc2c1C(=O)N(CCc1nc3ccccc3c(=O)n1C1=CCC(O)C=C1)C2=O. The molecule has 0 saturated heterocycles. The maximum absolute atomic E-state index is 13.4. The Morgan fingerprint density at radius 3 is 2.63 bits per heavy atom. The number of imide groups is 1. The minimum Gasteiger partial charge on any atom is -0.490 e. The second kappa shape index (κ2) is 8.96. The first kappa shape index (κ1) is 22.7. The summed E-state index contributed by atoms with van der Waals surface area (Å²) in [6.45, 7) is 3.77. The third kappa shape index (κ3) is 4.06. The second-order valence-electron chi connectivity index (χ2n) is 8.83. The first-order valence-corrected chi connectivity index (χ1v) is 11.6. The summed E-state index contributed by atoms with van der Waals surface area (Å²) in [6, 6.07) is 12.1. The van der Waals surface area contributed by atoms with Gasteiger partial charge in [-0.2, -0.15) is 0 Å². The van der Waals surface area contributed by atoms with E-state index in [0.29, 0.717) is 40.2 Å². The summed E-state index contributed by atoms with van der Waals surface area (Å²) < 4.78 is 7.26. The molecule has 1 aliphatic heterocycles. The van der Waals surface area contributed by atoms with Gasteiger partial charge < -0.3 is 9.84 Å². The molecule has 1 atom stereocenters. The van der Waals surface area contributed by atoms with Crippen LogP contribution in [0.3, 0.4) is 0 Å². The normalized spacial score (nSPS) is 17.3. The van der Waals surface area contributed by atoms with Crippen LogP contribution >= 0.6 is 0 Å². The molecule has 2 aliphatic rings. The molecule has 0 bridgehead atoms. The van der Waals surface area contributed by atoms with E-state index in [-0.39, 0.29) is 30.2 Å². The molecule has 1 aromatic heterocycles. The number of para-hydroxylation sites is 1. The number of carbonyl (C=O) groups is 2. The Hall–Kier alpha value is -4.04. The lowest BCUT2D eigenvalue weighted by molar-refractivity contribution is 0.0654. The molecule has 8 nitrogen and oxygen atoms in total. The van der Waals surface area contributed by atoms with Crippen LogP contribution < -0.4 is 10.3 Å². The molecule has 2 heterocycles. The van der Waals surface area contributed by atoms with Gasteiger partial charge in [0.25, 0.3) is 17.4 Å². The second-order valence-corrected chi connectivity index (χ2v) is 8.83. The molecule has 0 saturated carbocycles. The fraction of sp³-hybridized carbons (Fsp3) is 0.259. The molecule has 8 heteroatoms. The van der Waals surface area contributed by atoms with Crippen LogP contribution in [0, 0.1) is 0 Å². The topological polar surface area (TPSA) is 102 Å². The van der Waals surface area contributed by atoms with Gasteiger partial charge in [0.2, 0.25) is 0 Å². The van der Waals surface area contributed by atoms with Gasteiger partial charge in [-0.15, -0.1) is 0 Å². The molecule has 2 aromatic carbocycles. The standard InChI is InChI=1S/C27H25N3O5/c1-16(2)35-22-9-5-7-20-24(22)27(34)29(25(20)32)15-14-23-28-21-8-4-3-6-19(21)26(33)30(23)17-10-12-18(31)13-11-17/h3-12,16,18,31H,13-15H2,1-2H3. The Morgan fingerprint density at radius 1 is 1.09 bits per heavy atom. The minimum atomic E-state index is -0.605. The van der Waals surface area contributed by atoms with Gasteiger partial charge in [-0.25, -0.2) is 4.98 Å². The zero-order valence-electron chi connectivity index (χ0n) is 19.5. The van der Waals surface area contributed by atoms with E-state index in [2.05, 4.69) is 0 Å². The maximum Gasteiger partial charge on any atom is 0.265 e. The quantitative estimate of drug-likeness (QED) is 0.554. The lowest BCUT2D eigenvalue weighted by atomic mass is 10.1. The number of aliphatic hydroxyl groups excluding tert-OH is 1. The van der Waals surface area contributed by atoms with Crippen molar-refractivity contribution in [3.8, 4) is 5.75 Å². The largest absolute Gasteiger partial charge is 0.490 e. The fourth-order valence-electron chi connectivity index (χ4n) is 4.45. The molecule has 0 radical (unpaired) electrons. The van der Waals surface area contributed by atoms with Crippen molar-refractivity contribution in [1.82, 2.24) is 14.5 Å². The van der Waals surface area contributed by atoms with E-state index in [1.165, 1.54) is 9.47 Å². The molecular weight excluding hydrogens is 446 g/mol. The van der Waals surface area contributed by atoms with Gasteiger partial charge in [-0.3, -0.25) is 23.9 Å². The molecule has 178 valence electrons. The Bertz CT molecular complexity index is 1470. The number of hydrogen-bond donors (Lipinski definition) is 1. The monoisotopic (exact) mass is 471 g/mol. The smallest absolute Gasteiger partial charge is 0.265 e. The highest BCUT2D eigenvalue weighted by atomic mass is 16.5. The molecule has 1 aliphatic carbocycles. The van der Waals surface area contributed by atoms with Crippen molar-refractivity contribution in [2.24, 2.45) is 0 Å². The number of allylic oxidation sites excluding steroid dienone is 2. The summed E-state index contributed by atoms with van der Waals surface area (Å²) in [5.41, 5.74) is 1.47. The Balaban J connectivity index is 1.50. The summed E-state index contributed by atoms with van der Waals surface area (Å²) >= 11 is 0. The molecule has 0 fully saturated rings. The molecule has 0 spiro atoms. The van der Waals surface area contributed by atoms with Crippen LogP contribution in [0.4, 0.5) is 0 Å². The zero-order chi connectivity index (χ0) is 24.7. The van der Waals surface area contributed by atoms with E-state index in [1.807, 2.05) is 13.8 Å². The van der Waals surface area contributed by atoms with Gasteiger partial charge in [-0.05, 0) is 50.6 Å². The highest BCUT2D eigenvalue weighted by molar-refractivity contribution is 6.22. The number of aliphatic hydroxyl groups is 1. The van der Waals surface area contributed by atoms with Crippen LogP contribution in [0.25, 0.3) is 16.6 Å². The van der Waals surface area contributed by atoms with Crippen molar-refractivity contribution in [2.45, 2.75) is 38.9 Å². The summed E-state index contributed by atoms with van der Waals surface area (Å²) in [4.78, 5) is 45.6. The van der Waals surface area contributed by atoms with Crippen LogP contribution in [0.5, 0.6) is 5.75 Å². The lowest BCUT2D eigenvalue weighted by Gasteiger charge is -2.19. The highest BCUT2D eigenvalue weighted by Crippen LogP contribution is 2.32. The van der Waals surface area contributed by atoms with Crippen LogP contribution in [0.15, 0.2) is 65.5 Å². The van der Waals surface area contributed by atoms with Crippen molar-refractivity contribution >= 4 is 28.4 Å². The predicted octanol–water partition coefficient (Wildman–Crippen LogP) is 3.18. The van der Waals surface area contributed by atoms with E-state index in [4.69, 9.17) is 9.72 Å². The van der Waals surface area contributed by atoms with E-state index in [0.717, 1.165) is 0 Å². The number of ether oxygens (including phenoxy) is 1. The van der Waals surface area contributed by atoms with Gasteiger partial charge in [0.15, 0.2) is 0 Å². The van der Waals surface area contributed by atoms with Gasteiger partial charge in [-0.1, -0.05) is 30.4 Å². The minimum absolute atomic E-state index is 0.0534. The molecule has 3 aromatic rings. The number of fused-ring (bicyclic) bond motifs is 2. The maximum atomic E-state index is 13.4. The third-order valence-electron chi connectivity index (χ3n) is 6.04. The number of rotatable bonds is 6. The highest BCUT2D eigenvalue weighted by Gasteiger charge is 2.38. The van der Waals surface area contributed by atoms with Gasteiger partial charge >= 0.3 is 0 Å². The molecular formula is C27H25N3O5. The van der Waals surface area contributed by atoms with Gasteiger partial charge in [0.1, 0.15) is 11.6 Å². The van der Waals surface area contributed by atoms with Crippen LogP contribution in [0.2, 0.25) is 0 Å². The number of benzene rings is 2. The fourth-order valence-corrected chi connectivity index (χ4v) is 4.45. The summed E-state index contributed by atoms with van der Waals surface area (Å²) in [5, 5.41) is 10.3. The van der Waals surface area contributed by atoms with Crippen LogP contribution in [0.1, 0.15) is 46.8 Å². The molecule has 1 unspecified atom stereocenters. The summed E-state index contributed by atoms with van der Waals surface area (Å²) in [7, 11) is 0. The van der Waals surface area contributed by atoms with Gasteiger partial charge in [0.05, 0.1) is 34.2 Å². The van der Waals surface area contributed by atoms with E-state index in [9.17, 15) is 19.5 Å². The molecule has 5 rings (SSSR count). The predicted molar refractivity (Wildman–Crippen MR) is 131 cm³/mol. The summed E-state index contributed by atoms with van der Waals surface area (Å²) in [5.74, 6) is -0.00373. The number of carbonyl (C=O) groups excluding carboxylic acids is 2. The average molecular weight is 472 g/mol. The first-order chi connectivity index (χ1) is 16.8. The molecule has 2 amide bonds. The van der Waals surface area contributed by atoms with Crippen molar-refractivity contribution in [3.63, 3.8) is 0 Å². The average Bonchev–Trinajstić information content (AvgIpc) is 3.08. The van der Waals surface area contributed by atoms with Crippen molar-refractivity contribution in [3.05, 3.63) is 88.0 Å². The number of amides is 2. The van der Waals surface area contributed by atoms with E-state index in [1.54, 1.807) is 60.7 Å². The Kier molecular flexibility index (Phi) is 5.82. The lowest BCUT2D eigenvalue weighted by Crippen LogP contribution is -2.34. The van der Waals surface area contributed by atoms with Crippen LogP contribution in [-0.2, 0) is 6.42 Å². The molecule has 35 heavy (non-hydrogen) atoms. The van der Waals surface area contributed by atoms with E-state index >= 15 is 0 Å². The zero-order valence-corrected chi connectivity index (χ0v) is 19.5.